The number of ether oxygens (including phenoxy) is 3. The lowest BCUT2D eigenvalue weighted by molar-refractivity contribution is -0.126. The standard InChI is InChI=1S/C14H12BrClO2.C2H4O2/c1-17-14-7-3-6-13(15)12(14)9-18-11-5-2-4-10(16)8-11;1-4-2-3/h2-8H,9H2,1H3;2H,1H3. The molecule has 0 atom stereocenters. The molecule has 0 aliphatic rings. The summed E-state index contributed by atoms with van der Waals surface area (Å²) in [7, 11) is 2.96. The highest BCUT2D eigenvalue weighted by molar-refractivity contribution is 9.10. The Balaban J connectivity index is 0.000000541. The Labute approximate surface area is 143 Å². The molecule has 0 bridgehead atoms. The van der Waals surface area contributed by atoms with Gasteiger partial charge in [-0.1, -0.05) is 39.7 Å². The van der Waals surface area contributed by atoms with E-state index < -0.39 is 0 Å². The predicted molar refractivity (Wildman–Crippen MR) is 89.6 cm³/mol. The molecule has 22 heavy (non-hydrogen) atoms. The molecule has 6 heteroatoms. The summed E-state index contributed by atoms with van der Waals surface area (Å²) in [6.07, 6.45) is 0. The van der Waals surface area contributed by atoms with Crippen molar-refractivity contribution < 1.29 is 19.0 Å². The van der Waals surface area contributed by atoms with Crippen LogP contribution in [0, 0.1) is 0 Å². The Morgan fingerprint density at radius 1 is 1.18 bits per heavy atom. The van der Waals surface area contributed by atoms with E-state index in [4.69, 9.17) is 25.9 Å². The van der Waals surface area contributed by atoms with Gasteiger partial charge in [0.1, 0.15) is 18.1 Å². The van der Waals surface area contributed by atoms with Crippen LogP contribution in [0.15, 0.2) is 46.9 Å². The summed E-state index contributed by atoms with van der Waals surface area (Å²) < 4.78 is 15.8. The van der Waals surface area contributed by atoms with Crippen molar-refractivity contribution in [2.45, 2.75) is 6.61 Å². The van der Waals surface area contributed by atoms with Crippen molar-refractivity contribution in [2.24, 2.45) is 0 Å². The van der Waals surface area contributed by atoms with Crippen molar-refractivity contribution in [1.82, 2.24) is 0 Å². The van der Waals surface area contributed by atoms with E-state index in [-0.39, 0.29) is 0 Å². The third kappa shape index (κ3) is 5.95. The van der Waals surface area contributed by atoms with Crippen LogP contribution in [0.5, 0.6) is 11.5 Å². The van der Waals surface area contributed by atoms with Crippen LogP contribution < -0.4 is 9.47 Å². The van der Waals surface area contributed by atoms with Crippen LogP contribution >= 0.6 is 27.5 Å². The molecule has 0 radical (unpaired) electrons. The molecule has 2 aromatic carbocycles. The number of rotatable bonds is 5. The monoisotopic (exact) mass is 386 g/mol. The number of benzene rings is 2. The maximum atomic E-state index is 8.95. The number of hydrogen-bond acceptors (Lipinski definition) is 4. The Morgan fingerprint density at radius 3 is 2.45 bits per heavy atom. The highest BCUT2D eigenvalue weighted by Crippen LogP contribution is 2.28. The lowest BCUT2D eigenvalue weighted by Crippen LogP contribution is -1.99. The summed E-state index contributed by atoms with van der Waals surface area (Å²) in [6, 6.07) is 13.1. The van der Waals surface area contributed by atoms with Gasteiger partial charge in [0.05, 0.1) is 14.2 Å². The summed E-state index contributed by atoms with van der Waals surface area (Å²) in [5.74, 6) is 1.53. The lowest BCUT2D eigenvalue weighted by atomic mass is 10.2. The van der Waals surface area contributed by atoms with Gasteiger partial charge in [0.25, 0.3) is 6.47 Å². The minimum absolute atomic E-state index is 0.375. The molecule has 0 aliphatic carbocycles. The lowest BCUT2D eigenvalue weighted by Gasteiger charge is -2.12. The average molecular weight is 388 g/mol. The fourth-order valence-electron chi connectivity index (χ4n) is 1.58. The molecule has 0 aliphatic heterocycles. The van der Waals surface area contributed by atoms with Crippen LogP contribution in [0.1, 0.15) is 5.56 Å². The second-order valence-electron chi connectivity index (χ2n) is 4.00. The van der Waals surface area contributed by atoms with Gasteiger partial charge >= 0.3 is 0 Å². The van der Waals surface area contributed by atoms with E-state index in [1.807, 2.05) is 36.4 Å². The zero-order valence-electron chi connectivity index (χ0n) is 12.2. The molecule has 0 aromatic heterocycles. The van der Waals surface area contributed by atoms with E-state index in [0.717, 1.165) is 21.5 Å². The largest absolute Gasteiger partial charge is 0.496 e. The quantitative estimate of drug-likeness (QED) is 0.710. The van der Waals surface area contributed by atoms with Crippen LogP contribution in [0.25, 0.3) is 0 Å². The van der Waals surface area contributed by atoms with Crippen LogP contribution in [0.4, 0.5) is 0 Å². The summed E-state index contributed by atoms with van der Waals surface area (Å²) in [4.78, 5) is 8.95. The van der Waals surface area contributed by atoms with Crippen molar-refractivity contribution in [1.29, 1.82) is 0 Å². The molecular formula is C16H16BrClO4. The first-order valence-electron chi connectivity index (χ1n) is 6.28. The van der Waals surface area contributed by atoms with Crippen LogP contribution in [-0.2, 0) is 16.1 Å². The van der Waals surface area contributed by atoms with Gasteiger partial charge in [0.2, 0.25) is 0 Å². The molecule has 0 unspecified atom stereocenters. The van der Waals surface area contributed by atoms with Crippen molar-refractivity contribution in [3.8, 4) is 11.5 Å². The zero-order valence-corrected chi connectivity index (χ0v) is 14.6. The van der Waals surface area contributed by atoms with Gasteiger partial charge in [-0.05, 0) is 30.3 Å². The van der Waals surface area contributed by atoms with E-state index in [9.17, 15) is 0 Å². The van der Waals surface area contributed by atoms with Gasteiger partial charge in [0, 0.05) is 15.1 Å². The third-order valence-electron chi connectivity index (χ3n) is 2.57. The maximum absolute atomic E-state index is 8.95. The van der Waals surface area contributed by atoms with E-state index in [1.54, 1.807) is 13.2 Å². The molecule has 0 saturated carbocycles. The van der Waals surface area contributed by atoms with Gasteiger partial charge in [0.15, 0.2) is 0 Å². The van der Waals surface area contributed by atoms with Gasteiger partial charge in [-0.15, -0.1) is 0 Å². The van der Waals surface area contributed by atoms with Crippen molar-refractivity contribution in [2.75, 3.05) is 14.2 Å². The summed E-state index contributed by atoms with van der Waals surface area (Å²) in [6.45, 7) is 0.797. The minimum Gasteiger partial charge on any atom is -0.496 e. The van der Waals surface area contributed by atoms with E-state index in [2.05, 4.69) is 20.7 Å². The molecule has 0 saturated heterocycles. The Hall–Kier alpha value is -1.72. The number of carbonyl (C=O) groups is 1. The Kier molecular flexibility index (Phi) is 8.40. The molecule has 0 spiro atoms. The first kappa shape index (κ1) is 18.3. The fraction of sp³-hybridized carbons (Fsp3) is 0.188. The molecule has 4 nitrogen and oxygen atoms in total. The number of hydrogen-bond donors (Lipinski definition) is 0. The first-order valence-corrected chi connectivity index (χ1v) is 7.45. The van der Waals surface area contributed by atoms with Crippen LogP contribution in [0.3, 0.4) is 0 Å². The SMILES string of the molecule is COC=O.COc1cccc(Br)c1COc1cccc(Cl)c1. The number of carbonyl (C=O) groups excluding carboxylic acids is 1. The van der Waals surface area contributed by atoms with Gasteiger partial charge in [-0.3, -0.25) is 4.79 Å². The summed E-state index contributed by atoms with van der Waals surface area (Å²) in [5, 5.41) is 0.659. The molecule has 0 fully saturated rings. The van der Waals surface area contributed by atoms with E-state index >= 15 is 0 Å². The topological polar surface area (TPSA) is 44.8 Å². The van der Waals surface area contributed by atoms with Crippen LogP contribution in [0.2, 0.25) is 5.02 Å². The predicted octanol–water partition coefficient (Wildman–Crippen LogP) is 4.48. The number of halogens is 2. The zero-order chi connectivity index (χ0) is 16.4. The summed E-state index contributed by atoms with van der Waals surface area (Å²) >= 11 is 9.39. The molecule has 0 N–H and O–H groups in total. The minimum atomic E-state index is 0.375. The fourth-order valence-corrected chi connectivity index (χ4v) is 2.23. The van der Waals surface area contributed by atoms with Crippen LogP contribution in [-0.4, -0.2) is 20.7 Å². The maximum Gasteiger partial charge on any atom is 0.292 e. The molecule has 118 valence electrons. The van der Waals surface area contributed by atoms with E-state index in [0.29, 0.717) is 18.1 Å². The van der Waals surface area contributed by atoms with E-state index in [1.165, 1.54) is 7.11 Å². The van der Waals surface area contributed by atoms with Gasteiger partial charge < -0.3 is 14.2 Å². The molecule has 2 rings (SSSR count). The van der Waals surface area contributed by atoms with Gasteiger partial charge in [-0.25, -0.2) is 0 Å². The molecular weight excluding hydrogens is 372 g/mol. The van der Waals surface area contributed by atoms with Crippen molar-refractivity contribution >= 4 is 34.0 Å². The first-order chi connectivity index (χ1) is 10.6. The normalized spacial score (nSPS) is 9.27. The average Bonchev–Trinajstić information content (AvgIpc) is 2.53. The molecule has 0 heterocycles. The second-order valence-corrected chi connectivity index (χ2v) is 5.29. The Morgan fingerprint density at radius 2 is 1.86 bits per heavy atom. The summed E-state index contributed by atoms with van der Waals surface area (Å²) in [5.41, 5.74) is 0.972. The highest BCUT2D eigenvalue weighted by atomic mass is 79.9. The Bertz CT molecular complexity index is 604. The van der Waals surface area contributed by atoms with Gasteiger partial charge in [-0.2, -0.15) is 0 Å². The molecule has 0 amide bonds. The highest BCUT2D eigenvalue weighted by Gasteiger charge is 2.08. The smallest absolute Gasteiger partial charge is 0.292 e. The number of methoxy groups -OCH3 is 2. The van der Waals surface area contributed by atoms with Crippen molar-refractivity contribution in [3.05, 3.63) is 57.5 Å². The van der Waals surface area contributed by atoms with Crippen molar-refractivity contribution in [3.63, 3.8) is 0 Å². The second kappa shape index (κ2) is 10.1. The third-order valence-corrected chi connectivity index (χ3v) is 3.55. The molecule has 2 aromatic rings.